The number of piperidine rings is 1. The van der Waals surface area contributed by atoms with Gasteiger partial charge in [-0.15, -0.1) is 0 Å². The maximum absolute atomic E-state index is 3.49. The zero-order chi connectivity index (χ0) is 13.4. The third-order valence-electron chi connectivity index (χ3n) is 4.62. The van der Waals surface area contributed by atoms with Crippen LogP contribution >= 0.6 is 0 Å². The molecule has 0 atom stereocenters. The van der Waals surface area contributed by atoms with Crippen molar-refractivity contribution in [3.05, 3.63) is 0 Å². The molecule has 1 rings (SSSR count). The Labute approximate surface area is 115 Å². The number of hydrogen-bond donors (Lipinski definition) is 1. The van der Waals surface area contributed by atoms with Crippen molar-refractivity contribution in [1.82, 2.24) is 10.2 Å². The first-order valence-corrected chi connectivity index (χ1v) is 8.01. The van der Waals surface area contributed by atoms with E-state index in [2.05, 4.69) is 37.9 Å². The van der Waals surface area contributed by atoms with Crippen molar-refractivity contribution in [2.24, 2.45) is 5.41 Å². The maximum atomic E-state index is 3.49. The van der Waals surface area contributed by atoms with E-state index in [-0.39, 0.29) is 0 Å². The third-order valence-corrected chi connectivity index (χ3v) is 4.62. The lowest BCUT2D eigenvalue weighted by Crippen LogP contribution is -2.38. The standard InChI is InChI=1S/C16H34N2/c1-5-16(4)9-13-18(14-10-16)12-8-6-7-11-17-15(2)3/h15,17H,5-14H2,1-4H3. The van der Waals surface area contributed by atoms with Crippen molar-refractivity contribution in [3.63, 3.8) is 0 Å². The zero-order valence-electron chi connectivity index (χ0n) is 13.1. The van der Waals surface area contributed by atoms with Crippen molar-refractivity contribution in [2.45, 2.75) is 72.3 Å². The van der Waals surface area contributed by atoms with Crippen LogP contribution in [-0.2, 0) is 0 Å². The smallest absolute Gasteiger partial charge is 0.00103 e. The van der Waals surface area contributed by atoms with Crippen LogP contribution in [-0.4, -0.2) is 37.1 Å². The van der Waals surface area contributed by atoms with Crippen molar-refractivity contribution < 1.29 is 0 Å². The van der Waals surface area contributed by atoms with Crippen LogP contribution in [0.15, 0.2) is 0 Å². The van der Waals surface area contributed by atoms with Crippen LogP contribution in [0.25, 0.3) is 0 Å². The van der Waals surface area contributed by atoms with E-state index in [1.54, 1.807) is 0 Å². The Bertz CT molecular complexity index is 205. The van der Waals surface area contributed by atoms with Gasteiger partial charge in [-0.3, -0.25) is 0 Å². The Morgan fingerprint density at radius 1 is 1.11 bits per heavy atom. The Morgan fingerprint density at radius 2 is 1.78 bits per heavy atom. The second-order valence-electron chi connectivity index (χ2n) is 6.68. The molecule has 0 saturated carbocycles. The van der Waals surface area contributed by atoms with Gasteiger partial charge in [0.2, 0.25) is 0 Å². The Kier molecular flexibility index (Phi) is 7.25. The van der Waals surface area contributed by atoms with Crippen LogP contribution in [0.4, 0.5) is 0 Å². The SMILES string of the molecule is CCC1(C)CCN(CCCCCNC(C)C)CC1. The minimum Gasteiger partial charge on any atom is -0.315 e. The molecule has 2 nitrogen and oxygen atoms in total. The molecule has 0 aromatic rings. The molecule has 0 radical (unpaired) electrons. The fourth-order valence-corrected chi connectivity index (χ4v) is 2.70. The van der Waals surface area contributed by atoms with Gasteiger partial charge in [0, 0.05) is 6.04 Å². The number of unbranched alkanes of at least 4 members (excludes halogenated alkanes) is 2. The molecule has 1 saturated heterocycles. The van der Waals surface area contributed by atoms with Crippen LogP contribution in [0, 0.1) is 5.41 Å². The number of hydrogen-bond acceptors (Lipinski definition) is 2. The molecule has 0 aromatic carbocycles. The Balaban J connectivity index is 1.98. The van der Waals surface area contributed by atoms with E-state index in [1.165, 1.54) is 64.7 Å². The summed E-state index contributed by atoms with van der Waals surface area (Å²) in [4.78, 5) is 2.67. The molecule has 2 heteroatoms. The summed E-state index contributed by atoms with van der Waals surface area (Å²) in [5, 5.41) is 3.49. The summed E-state index contributed by atoms with van der Waals surface area (Å²) in [5.41, 5.74) is 0.637. The normalized spacial score (nSPS) is 20.5. The first kappa shape index (κ1) is 16.0. The topological polar surface area (TPSA) is 15.3 Å². The largest absolute Gasteiger partial charge is 0.315 e. The molecule has 1 aliphatic rings. The molecule has 1 fully saturated rings. The fraction of sp³-hybridized carbons (Fsp3) is 1.00. The van der Waals surface area contributed by atoms with Gasteiger partial charge in [0.25, 0.3) is 0 Å². The van der Waals surface area contributed by atoms with Crippen LogP contribution < -0.4 is 5.32 Å². The third kappa shape index (κ3) is 6.19. The van der Waals surface area contributed by atoms with Crippen molar-refractivity contribution in [1.29, 1.82) is 0 Å². The molecule has 0 unspecified atom stereocenters. The summed E-state index contributed by atoms with van der Waals surface area (Å²) in [6.45, 7) is 14.4. The summed E-state index contributed by atoms with van der Waals surface area (Å²) in [5.74, 6) is 0. The summed E-state index contributed by atoms with van der Waals surface area (Å²) in [6.07, 6.45) is 8.24. The number of likely N-dealkylation sites (tertiary alicyclic amines) is 1. The highest BCUT2D eigenvalue weighted by Crippen LogP contribution is 2.33. The molecular weight excluding hydrogens is 220 g/mol. The Hall–Kier alpha value is -0.0800. The monoisotopic (exact) mass is 254 g/mol. The van der Waals surface area contributed by atoms with Crippen LogP contribution in [0.1, 0.15) is 66.2 Å². The van der Waals surface area contributed by atoms with Gasteiger partial charge in [-0.1, -0.05) is 40.5 Å². The molecule has 18 heavy (non-hydrogen) atoms. The molecule has 0 aromatic heterocycles. The molecule has 1 heterocycles. The molecule has 0 spiro atoms. The van der Waals surface area contributed by atoms with Crippen molar-refractivity contribution in [2.75, 3.05) is 26.2 Å². The van der Waals surface area contributed by atoms with E-state index < -0.39 is 0 Å². The number of nitrogens with one attached hydrogen (secondary N) is 1. The molecule has 0 bridgehead atoms. The predicted octanol–water partition coefficient (Wildman–Crippen LogP) is 3.67. The quantitative estimate of drug-likeness (QED) is 0.665. The van der Waals surface area contributed by atoms with Gasteiger partial charge < -0.3 is 10.2 Å². The molecule has 0 aliphatic carbocycles. The van der Waals surface area contributed by atoms with Gasteiger partial charge in [-0.05, 0) is 57.3 Å². The summed E-state index contributed by atoms with van der Waals surface area (Å²) in [7, 11) is 0. The van der Waals surface area contributed by atoms with E-state index in [1.807, 2.05) is 0 Å². The highest BCUT2D eigenvalue weighted by Gasteiger charge is 2.27. The van der Waals surface area contributed by atoms with Gasteiger partial charge in [0.05, 0.1) is 0 Å². The lowest BCUT2D eigenvalue weighted by Gasteiger charge is -2.39. The summed E-state index contributed by atoms with van der Waals surface area (Å²) >= 11 is 0. The van der Waals surface area contributed by atoms with E-state index in [4.69, 9.17) is 0 Å². The van der Waals surface area contributed by atoms with Crippen LogP contribution in [0.5, 0.6) is 0 Å². The first-order chi connectivity index (χ1) is 8.56. The first-order valence-electron chi connectivity index (χ1n) is 8.01. The number of nitrogens with zero attached hydrogens (tertiary/aromatic N) is 1. The minimum atomic E-state index is 0.637. The van der Waals surface area contributed by atoms with Gasteiger partial charge >= 0.3 is 0 Å². The van der Waals surface area contributed by atoms with E-state index >= 15 is 0 Å². The molecule has 0 amide bonds. The zero-order valence-corrected chi connectivity index (χ0v) is 13.1. The second kappa shape index (κ2) is 8.16. The Morgan fingerprint density at radius 3 is 2.33 bits per heavy atom. The van der Waals surface area contributed by atoms with Gasteiger partial charge in [0.15, 0.2) is 0 Å². The molecular formula is C16H34N2. The predicted molar refractivity (Wildman–Crippen MR) is 81.1 cm³/mol. The van der Waals surface area contributed by atoms with Crippen LogP contribution in [0.3, 0.4) is 0 Å². The van der Waals surface area contributed by atoms with E-state index in [9.17, 15) is 0 Å². The number of rotatable bonds is 8. The molecule has 1 aliphatic heterocycles. The average molecular weight is 254 g/mol. The van der Waals surface area contributed by atoms with Crippen molar-refractivity contribution in [3.8, 4) is 0 Å². The summed E-state index contributed by atoms with van der Waals surface area (Å²) < 4.78 is 0. The van der Waals surface area contributed by atoms with E-state index in [0.717, 1.165) is 0 Å². The van der Waals surface area contributed by atoms with Gasteiger partial charge in [-0.25, -0.2) is 0 Å². The lowest BCUT2D eigenvalue weighted by atomic mass is 9.78. The maximum Gasteiger partial charge on any atom is 0.00103 e. The highest BCUT2D eigenvalue weighted by molar-refractivity contribution is 4.81. The van der Waals surface area contributed by atoms with E-state index in [0.29, 0.717) is 11.5 Å². The lowest BCUT2D eigenvalue weighted by molar-refractivity contribution is 0.113. The minimum absolute atomic E-state index is 0.637. The van der Waals surface area contributed by atoms with Gasteiger partial charge in [0.1, 0.15) is 0 Å². The average Bonchev–Trinajstić information content (AvgIpc) is 2.35. The molecule has 1 N–H and O–H groups in total. The van der Waals surface area contributed by atoms with Crippen LogP contribution in [0.2, 0.25) is 0 Å². The fourth-order valence-electron chi connectivity index (χ4n) is 2.70. The van der Waals surface area contributed by atoms with Gasteiger partial charge in [-0.2, -0.15) is 0 Å². The van der Waals surface area contributed by atoms with Crippen molar-refractivity contribution >= 4 is 0 Å². The summed E-state index contributed by atoms with van der Waals surface area (Å²) in [6, 6.07) is 0.638. The molecule has 108 valence electrons. The second-order valence-corrected chi connectivity index (χ2v) is 6.68. The highest BCUT2D eigenvalue weighted by atomic mass is 15.1.